The van der Waals surface area contributed by atoms with Gasteiger partial charge >= 0.3 is 0 Å². The Balaban J connectivity index is 1.93. The van der Waals surface area contributed by atoms with Crippen molar-refractivity contribution in [2.24, 2.45) is 5.41 Å². The molecule has 2 aliphatic rings. The van der Waals surface area contributed by atoms with Gasteiger partial charge in [0.15, 0.2) is 15.6 Å². The van der Waals surface area contributed by atoms with E-state index >= 15 is 0 Å². The summed E-state index contributed by atoms with van der Waals surface area (Å²) in [7, 11) is -2.78. The van der Waals surface area contributed by atoms with Gasteiger partial charge < -0.3 is 9.47 Å². The highest BCUT2D eigenvalue weighted by atomic mass is 32.2. The van der Waals surface area contributed by atoms with Gasteiger partial charge in [0, 0.05) is 11.8 Å². The van der Waals surface area contributed by atoms with Crippen molar-refractivity contribution in [3.8, 4) is 0 Å². The minimum atomic E-state index is -2.78. The molecule has 2 rings (SSSR count). The highest BCUT2D eigenvalue weighted by Crippen LogP contribution is 2.37. The molecule has 15 heavy (non-hydrogen) atoms. The van der Waals surface area contributed by atoms with E-state index in [0.717, 1.165) is 0 Å². The van der Waals surface area contributed by atoms with E-state index in [0.29, 0.717) is 25.4 Å². The first-order chi connectivity index (χ1) is 6.73. The lowest BCUT2D eigenvalue weighted by Crippen LogP contribution is -2.46. The van der Waals surface area contributed by atoms with Crippen molar-refractivity contribution in [1.29, 1.82) is 0 Å². The van der Waals surface area contributed by atoms with Gasteiger partial charge in [0.05, 0.1) is 24.2 Å². The van der Waals surface area contributed by atoms with E-state index in [1.807, 2.05) is 6.92 Å². The molecule has 0 spiro atoms. The van der Waals surface area contributed by atoms with E-state index in [4.69, 9.17) is 9.47 Å². The molecule has 2 fully saturated rings. The van der Waals surface area contributed by atoms with Crippen molar-refractivity contribution in [2.45, 2.75) is 38.2 Å². The number of hydrogen-bond donors (Lipinski definition) is 0. The fourth-order valence-corrected chi connectivity index (χ4v) is 3.16. The van der Waals surface area contributed by atoms with Gasteiger partial charge in [-0.15, -0.1) is 0 Å². The van der Waals surface area contributed by atoms with Crippen LogP contribution in [0.25, 0.3) is 0 Å². The Morgan fingerprint density at radius 1 is 1.20 bits per heavy atom. The van der Waals surface area contributed by atoms with Crippen LogP contribution in [-0.2, 0) is 19.3 Å². The SMILES string of the molecule is CC1(C)COC(C)(CC2CS2(=O)=O)OC1. The number of ether oxygens (including phenoxy) is 2. The summed E-state index contributed by atoms with van der Waals surface area (Å²) in [5, 5.41) is -0.247. The quantitative estimate of drug-likeness (QED) is 0.668. The average molecular weight is 234 g/mol. The Labute approximate surface area is 90.9 Å². The molecule has 5 heteroatoms. The maximum atomic E-state index is 11.1. The van der Waals surface area contributed by atoms with E-state index in [1.165, 1.54) is 0 Å². The maximum Gasteiger partial charge on any atom is 0.166 e. The fourth-order valence-electron chi connectivity index (χ4n) is 1.72. The van der Waals surface area contributed by atoms with Crippen molar-refractivity contribution >= 4 is 9.84 Å². The summed E-state index contributed by atoms with van der Waals surface area (Å²) in [4.78, 5) is 0. The lowest BCUT2D eigenvalue weighted by molar-refractivity contribution is -0.290. The third-order valence-corrected chi connectivity index (χ3v) is 4.73. The van der Waals surface area contributed by atoms with E-state index in [2.05, 4.69) is 13.8 Å². The molecule has 2 aliphatic heterocycles. The molecule has 2 saturated heterocycles. The Bertz CT molecular complexity index is 348. The highest BCUT2D eigenvalue weighted by molar-refractivity contribution is 7.99. The smallest absolute Gasteiger partial charge is 0.166 e. The molecule has 0 aromatic heterocycles. The van der Waals surface area contributed by atoms with Crippen LogP contribution in [0.15, 0.2) is 0 Å². The van der Waals surface area contributed by atoms with Crippen molar-refractivity contribution in [3.05, 3.63) is 0 Å². The van der Waals surface area contributed by atoms with E-state index < -0.39 is 15.6 Å². The molecule has 2 heterocycles. The molecular weight excluding hydrogens is 216 g/mol. The van der Waals surface area contributed by atoms with Crippen molar-refractivity contribution in [3.63, 3.8) is 0 Å². The lowest BCUT2D eigenvalue weighted by atomic mass is 9.94. The topological polar surface area (TPSA) is 52.6 Å². The van der Waals surface area contributed by atoms with Gasteiger partial charge in [-0.05, 0) is 6.92 Å². The van der Waals surface area contributed by atoms with Gasteiger partial charge in [-0.3, -0.25) is 0 Å². The van der Waals surface area contributed by atoms with Gasteiger partial charge in [0.1, 0.15) is 0 Å². The maximum absolute atomic E-state index is 11.1. The zero-order chi connectivity index (χ0) is 11.3. The third kappa shape index (κ3) is 2.52. The lowest BCUT2D eigenvalue weighted by Gasteiger charge is -2.41. The number of hydrogen-bond acceptors (Lipinski definition) is 4. The summed E-state index contributed by atoms with van der Waals surface area (Å²) < 4.78 is 33.5. The molecule has 0 aromatic carbocycles. The summed E-state index contributed by atoms with van der Waals surface area (Å²) in [5.74, 6) is -0.414. The molecule has 0 N–H and O–H groups in total. The predicted octanol–water partition coefficient (Wildman–Crippen LogP) is 0.963. The van der Waals surface area contributed by atoms with Crippen molar-refractivity contribution in [2.75, 3.05) is 19.0 Å². The molecule has 1 atom stereocenters. The number of sulfone groups is 1. The van der Waals surface area contributed by atoms with Gasteiger partial charge in [0.2, 0.25) is 0 Å². The predicted molar refractivity (Wildman–Crippen MR) is 56.3 cm³/mol. The molecule has 0 bridgehead atoms. The molecule has 1 unspecified atom stereocenters. The van der Waals surface area contributed by atoms with Crippen molar-refractivity contribution < 1.29 is 17.9 Å². The Kier molecular flexibility index (Phi) is 2.41. The van der Waals surface area contributed by atoms with E-state index in [1.54, 1.807) is 0 Å². The highest BCUT2D eigenvalue weighted by Gasteiger charge is 2.50. The normalized spacial score (nSPS) is 36.1. The summed E-state index contributed by atoms with van der Waals surface area (Å²) in [6.07, 6.45) is 0.464. The Hall–Kier alpha value is -0.130. The minimum absolute atomic E-state index is 0.0297. The zero-order valence-electron chi connectivity index (χ0n) is 9.45. The van der Waals surface area contributed by atoms with Crippen LogP contribution >= 0.6 is 0 Å². The van der Waals surface area contributed by atoms with Gasteiger partial charge in [0.25, 0.3) is 0 Å². The largest absolute Gasteiger partial charge is 0.350 e. The molecule has 88 valence electrons. The van der Waals surface area contributed by atoms with Crippen LogP contribution in [0, 0.1) is 5.41 Å². The van der Waals surface area contributed by atoms with Gasteiger partial charge in [-0.2, -0.15) is 0 Å². The molecule has 0 aromatic rings. The van der Waals surface area contributed by atoms with Crippen LogP contribution in [-0.4, -0.2) is 38.4 Å². The molecule has 0 radical (unpaired) electrons. The first-order valence-corrected chi connectivity index (χ1v) is 6.94. The number of rotatable bonds is 2. The van der Waals surface area contributed by atoms with Gasteiger partial charge in [-0.1, -0.05) is 13.8 Å². The van der Waals surface area contributed by atoms with E-state index in [9.17, 15) is 8.42 Å². The van der Waals surface area contributed by atoms with Crippen molar-refractivity contribution in [1.82, 2.24) is 0 Å². The minimum Gasteiger partial charge on any atom is -0.350 e. The molecular formula is C10H18O4S. The van der Waals surface area contributed by atoms with Crippen LogP contribution < -0.4 is 0 Å². The summed E-state index contributed by atoms with van der Waals surface area (Å²) >= 11 is 0. The molecule has 0 amide bonds. The van der Waals surface area contributed by atoms with Crippen LogP contribution in [0.1, 0.15) is 27.2 Å². The van der Waals surface area contributed by atoms with Crippen LogP contribution in [0.5, 0.6) is 0 Å². The summed E-state index contributed by atoms with van der Waals surface area (Å²) in [6, 6.07) is 0. The standard InChI is InChI=1S/C10H18O4S/c1-9(2)6-13-10(3,14-7-9)4-8-5-15(8,11)12/h8H,4-7H2,1-3H3. The molecule has 0 saturated carbocycles. The second-order valence-electron chi connectivity index (χ2n) is 5.53. The zero-order valence-corrected chi connectivity index (χ0v) is 10.3. The fraction of sp³-hybridized carbons (Fsp3) is 1.00. The molecule has 0 aliphatic carbocycles. The first-order valence-electron chi connectivity index (χ1n) is 5.22. The summed E-state index contributed by atoms with van der Waals surface area (Å²) in [6.45, 7) is 7.21. The second kappa shape index (κ2) is 3.18. The van der Waals surface area contributed by atoms with Crippen LogP contribution in [0.2, 0.25) is 0 Å². The average Bonchev–Trinajstić information content (AvgIpc) is 2.66. The Morgan fingerprint density at radius 3 is 2.07 bits per heavy atom. The molecule has 4 nitrogen and oxygen atoms in total. The second-order valence-corrected chi connectivity index (χ2v) is 7.86. The van der Waals surface area contributed by atoms with Crippen LogP contribution in [0.3, 0.4) is 0 Å². The monoisotopic (exact) mass is 234 g/mol. The van der Waals surface area contributed by atoms with Gasteiger partial charge in [-0.25, -0.2) is 8.42 Å². The Morgan fingerprint density at radius 2 is 1.67 bits per heavy atom. The third-order valence-electron chi connectivity index (χ3n) is 2.95. The first kappa shape index (κ1) is 11.4. The van der Waals surface area contributed by atoms with E-state index in [-0.39, 0.29) is 10.7 Å². The van der Waals surface area contributed by atoms with Crippen LogP contribution in [0.4, 0.5) is 0 Å². The summed E-state index contributed by atoms with van der Waals surface area (Å²) in [5.41, 5.74) is 0.0297.